The lowest BCUT2D eigenvalue weighted by atomic mass is 10.2. The second kappa shape index (κ2) is 7.59. The number of rotatable bonds is 5. The molecule has 0 aliphatic carbocycles. The lowest BCUT2D eigenvalue weighted by Gasteiger charge is -2.12. The van der Waals surface area contributed by atoms with Gasteiger partial charge in [-0.25, -0.2) is 0 Å². The van der Waals surface area contributed by atoms with Crippen molar-refractivity contribution in [3.05, 3.63) is 53.6 Å². The van der Waals surface area contributed by atoms with Crippen molar-refractivity contribution in [2.75, 3.05) is 17.7 Å². The van der Waals surface area contributed by atoms with Crippen LogP contribution in [0.4, 0.5) is 11.4 Å². The standard InChI is InChI=1S/C20H23N5O3/c1-12-8-17(13(2)25(12)16-10-21-24(4)11-16)20(27)23-15-6-7-18(22-14(3)26)19(9-15)28-5/h6-11H,1-5H3,(H,22,26)(H,23,27). The van der Waals surface area contributed by atoms with Gasteiger partial charge in [0.2, 0.25) is 5.91 Å². The van der Waals surface area contributed by atoms with Crippen molar-refractivity contribution in [3.63, 3.8) is 0 Å². The summed E-state index contributed by atoms with van der Waals surface area (Å²) in [6.45, 7) is 5.27. The van der Waals surface area contributed by atoms with Crippen LogP contribution in [0.3, 0.4) is 0 Å². The molecule has 3 rings (SSSR count). The Morgan fingerprint density at radius 1 is 1.14 bits per heavy atom. The molecule has 8 nitrogen and oxygen atoms in total. The zero-order valence-corrected chi connectivity index (χ0v) is 16.5. The van der Waals surface area contributed by atoms with Gasteiger partial charge in [0.1, 0.15) is 5.75 Å². The SMILES string of the molecule is COc1cc(NC(=O)c2cc(C)n(-c3cnn(C)c3)c2C)ccc1NC(C)=O. The molecule has 0 unspecified atom stereocenters. The summed E-state index contributed by atoms with van der Waals surface area (Å²) in [5.74, 6) is 0.0457. The minimum atomic E-state index is -0.224. The van der Waals surface area contributed by atoms with Crippen LogP contribution in [-0.2, 0) is 11.8 Å². The van der Waals surface area contributed by atoms with Crippen molar-refractivity contribution in [2.45, 2.75) is 20.8 Å². The number of nitrogens with one attached hydrogen (secondary N) is 2. The van der Waals surface area contributed by atoms with Crippen LogP contribution < -0.4 is 15.4 Å². The third kappa shape index (κ3) is 3.75. The van der Waals surface area contributed by atoms with Gasteiger partial charge in [0, 0.05) is 43.3 Å². The minimum absolute atomic E-state index is 0.196. The van der Waals surface area contributed by atoms with E-state index in [9.17, 15) is 9.59 Å². The number of aromatic nitrogens is 3. The zero-order valence-electron chi connectivity index (χ0n) is 16.5. The summed E-state index contributed by atoms with van der Waals surface area (Å²) in [5, 5.41) is 9.77. The molecule has 0 saturated carbocycles. The van der Waals surface area contributed by atoms with Gasteiger partial charge in [-0.2, -0.15) is 5.10 Å². The molecule has 2 heterocycles. The van der Waals surface area contributed by atoms with Crippen molar-refractivity contribution in [3.8, 4) is 11.4 Å². The Morgan fingerprint density at radius 3 is 2.50 bits per heavy atom. The van der Waals surface area contributed by atoms with E-state index in [1.807, 2.05) is 37.7 Å². The van der Waals surface area contributed by atoms with Gasteiger partial charge in [-0.3, -0.25) is 14.3 Å². The van der Waals surface area contributed by atoms with Gasteiger partial charge >= 0.3 is 0 Å². The normalized spacial score (nSPS) is 10.6. The molecular formula is C20H23N5O3. The first-order chi connectivity index (χ1) is 13.3. The Balaban J connectivity index is 1.87. The summed E-state index contributed by atoms with van der Waals surface area (Å²) in [5.41, 5.74) is 4.35. The van der Waals surface area contributed by atoms with E-state index < -0.39 is 0 Å². The van der Waals surface area contributed by atoms with Crippen molar-refractivity contribution in [1.29, 1.82) is 0 Å². The number of nitrogens with zero attached hydrogens (tertiary/aromatic N) is 3. The molecule has 0 radical (unpaired) electrons. The van der Waals surface area contributed by atoms with Crippen LogP contribution in [-0.4, -0.2) is 33.3 Å². The van der Waals surface area contributed by atoms with Crippen LogP contribution in [0, 0.1) is 13.8 Å². The molecule has 2 N–H and O–H groups in total. The number of hydrogen-bond acceptors (Lipinski definition) is 4. The largest absolute Gasteiger partial charge is 0.494 e. The van der Waals surface area contributed by atoms with E-state index in [0.29, 0.717) is 22.7 Å². The molecule has 0 spiro atoms. The van der Waals surface area contributed by atoms with E-state index in [0.717, 1.165) is 17.1 Å². The number of aryl methyl sites for hydroxylation is 2. The first-order valence-electron chi connectivity index (χ1n) is 8.75. The van der Waals surface area contributed by atoms with E-state index in [2.05, 4.69) is 15.7 Å². The molecule has 0 saturated heterocycles. The molecule has 2 amide bonds. The summed E-state index contributed by atoms with van der Waals surface area (Å²) in [7, 11) is 3.36. The number of carbonyl (C=O) groups excluding carboxylic acids is 2. The fraction of sp³-hybridized carbons (Fsp3) is 0.250. The van der Waals surface area contributed by atoms with Crippen molar-refractivity contribution < 1.29 is 14.3 Å². The molecule has 28 heavy (non-hydrogen) atoms. The highest BCUT2D eigenvalue weighted by Crippen LogP contribution is 2.29. The summed E-state index contributed by atoms with van der Waals surface area (Å²) in [6.07, 6.45) is 3.65. The van der Waals surface area contributed by atoms with Crippen molar-refractivity contribution in [2.24, 2.45) is 7.05 Å². The number of hydrogen-bond donors (Lipinski definition) is 2. The number of carbonyl (C=O) groups is 2. The maximum absolute atomic E-state index is 12.8. The van der Waals surface area contributed by atoms with Crippen LogP contribution in [0.1, 0.15) is 28.7 Å². The number of methoxy groups -OCH3 is 1. The molecule has 1 aromatic carbocycles. The molecule has 0 aliphatic rings. The molecule has 0 aliphatic heterocycles. The van der Waals surface area contributed by atoms with Crippen LogP contribution in [0.2, 0.25) is 0 Å². The first kappa shape index (κ1) is 19.2. The summed E-state index contributed by atoms with van der Waals surface area (Å²) in [4.78, 5) is 24.1. The van der Waals surface area contributed by atoms with Gasteiger partial charge in [-0.15, -0.1) is 0 Å². The number of anilines is 2. The zero-order chi connectivity index (χ0) is 20.4. The van der Waals surface area contributed by atoms with Crippen molar-refractivity contribution in [1.82, 2.24) is 14.3 Å². The summed E-state index contributed by atoms with van der Waals surface area (Å²) < 4.78 is 9.01. The second-order valence-corrected chi connectivity index (χ2v) is 6.54. The summed E-state index contributed by atoms with van der Waals surface area (Å²) in [6, 6.07) is 6.92. The predicted molar refractivity (Wildman–Crippen MR) is 107 cm³/mol. The predicted octanol–water partition coefficient (Wildman–Crippen LogP) is 3.05. The molecule has 146 valence electrons. The van der Waals surface area contributed by atoms with Gasteiger partial charge in [0.05, 0.1) is 30.2 Å². The minimum Gasteiger partial charge on any atom is -0.494 e. The third-order valence-corrected chi connectivity index (χ3v) is 4.40. The lowest BCUT2D eigenvalue weighted by molar-refractivity contribution is -0.114. The van der Waals surface area contributed by atoms with E-state index in [1.165, 1.54) is 14.0 Å². The Morgan fingerprint density at radius 2 is 1.89 bits per heavy atom. The second-order valence-electron chi connectivity index (χ2n) is 6.54. The van der Waals surface area contributed by atoms with Crippen LogP contribution in [0.5, 0.6) is 5.75 Å². The van der Waals surface area contributed by atoms with E-state index >= 15 is 0 Å². The molecule has 0 bridgehead atoms. The molecule has 0 atom stereocenters. The quantitative estimate of drug-likeness (QED) is 0.711. The maximum Gasteiger partial charge on any atom is 0.257 e. The Kier molecular flexibility index (Phi) is 5.21. The van der Waals surface area contributed by atoms with Gasteiger partial charge in [0.25, 0.3) is 5.91 Å². The topological polar surface area (TPSA) is 90.2 Å². The lowest BCUT2D eigenvalue weighted by Crippen LogP contribution is -2.13. The number of benzene rings is 1. The van der Waals surface area contributed by atoms with E-state index in [1.54, 1.807) is 29.1 Å². The van der Waals surface area contributed by atoms with Gasteiger partial charge in [-0.1, -0.05) is 0 Å². The average molecular weight is 381 g/mol. The van der Waals surface area contributed by atoms with E-state index in [4.69, 9.17) is 4.74 Å². The first-order valence-corrected chi connectivity index (χ1v) is 8.75. The smallest absolute Gasteiger partial charge is 0.257 e. The monoisotopic (exact) mass is 381 g/mol. The number of amides is 2. The third-order valence-electron chi connectivity index (χ3n) is 4.40. The number of ether oxygens (including phenoxy) is 1. The fourth-order valence-electron chi connectivity index (χ4n) is 3.17. The highest BCUT2D eigenvalue weighted by molar-refractivity contribution is 6.05. The van der Waals surface area contributed by atoms with Crippen LogP contribution in [0.25, 0.3) is 5.69 Å². The average Bonchev–Trinajstić information content (AvgIpc) is 3.18. The van der Waals surface area contributed by atoms with Crippen LogP contribution in [0.15, 0.2) is 36.7 Å². The molecule has 0 fully saturated rings. The Bertz CT molecular complexity index is 1050. The maximum atomic E-state index is 12.8. The fourth-order valence-corrected chi connectivity index (χ4v) is 3.17. The Hall–Kier alpha value is -3.55. The highest BCUT2D eigenvalue weighted by atomic mass is 16.5. The molecule has 3 aromatic rings. The van der Waals surface area contributed by atoms with Gasteiger partial charge < -0.3 is 19.9 Å². The molecule has 2 aromatic heterocycles. The highest BCUT2D eigenvalue weighted by Gasteiger charge is 2.18. The molecule has 8 heteroatoms. The van der Waals surface area contributed by atoms with E-state index in [-0.39, 0.29) is 11.8 Å². The van der Waals surface area contributed by atoms with Crippen molar-refractivity contribution >= 4 is 23.2 Å². The summed E-state index contributed by atoms with van der Waals surface area (Å²) >= 11 is 0. The van der Waals surface area contributed by atoms with Crippen LogP contribution >= 0.6 is 0 Å². The Labute approximate surface area is 163 Å². The van der Waals surface area contributed by atoms with Gasteiger partial charge in [0.15, 0.2) is 0 Å². The molecular weight excluding hydrogens is 358 g/mol. The van der Waals surface area contributed by atoms with Gasteiger partial charge in [-0.05, 0) is 32.0 Å².